The minimum atomic E-state index is -0.670. The Morgan fingerprint density at radius 1 is 0.369 bits per heavy atom. The molecule has 388 valence electrons. The van der Waals surface area contributed by atoms with Crippen molar-refractivity contribution < 1.29 is 24.5 Å². The quantitative estimate of drug-likeness (QED) is 0.0417. The summed E-state index contributed by atoms with van der Waals surface area (Å²) in [4.78, 5) is 24.6. The lowest BCUT2D eigenvalue weighted by molar-refractivity contribution is -0.143. The van der Waals surface area contributed by atoms with Gasteiger partial charge in [0.15, 0.2) is 0 Å². The largest absolute Gasteiger partial charge is 0.466 e. The number of esters is 1. The first kappa shape index (κ1) is 63.9. The van der Waals surface area contributed by atoms with Crippen LogP contribution in [0.5, 0.6) is 0 Å². The zero-order valence-electron chi connectivity index (χ0n) is 44.3. The van der Waals surface area contributed by atoms with E-state index in [1.165, 1.54) is 257 Å². The van der Waals surface area contributed by atoms with Crippen molar-refractivity contribution in [1.82, 2.24) is 5.32 Å². The highest BCUT2D eigenvalue weighted by atomic mass is 16.5. The predicted octanol–water partition coefficient (Wildman–Crippen LogP) is 18.3. The van der Waals surface area contributed by atoms with Crippen molar-refractivity contribution in [2.75, 3.05) is 13.2 Å². The van der Waals surface area contributed by atoms with E-state index in [1.807, 2.05) is 0 Å². The first-order valence-corrected chi connectivity index (χ1v) is 29.8. The van der Waals surface area contributed by atoms with Crippen molar-refractivity contribution in [2.24, 2.45) is 0 Å². The van der Waals surface area contributed by atoms with E-state index in [2.05, 4.69) is 19.2 Å². The minimum Gasteiger partial charge on any atom is -0.466 e. The Hall–Kier alpha value is -1.14. The molecule has 0 aromatic heterocycles. The van der Waals surface area contributed by atoms with E-state index in [-0.39, 0.29) is 18.5 Å². The molecule has 0 aromatic carbocycles. The Kier molecular flexibility index (Phi) is 54.5. The number of carbonyl (C=O) groups is 2. The smallest absolute Gasteiger partial charge is 0.305 e. The molecule has 0 aliphatic heterocycles. The molecule has 6 nitrogen and oxygen atoms in total. The number of hydrogen-bond donors (Lipinski definition) is 3. The highest BCUT2D eigenvalue weighted by Gasteiger charge is 2.20. The van der Waals surface area contributed by atoms with E-state index < -0.39 is 12.1 Å². The molecule has 0 radical (unpaired) electrons. The molecule has 0 aromatic rings. The Morgan fingerprint density at radius 3 is 0.938 bits per heavy atom. The van der Waals surface area contributed by atoms with Gasteiger partial charge in [0, 0.05) is 12.8 Å². The van der Waals surface area contributed by atoms with Crippen LogP contribution in [0.3, 0.4) is 0 Å². The highest BCUT2D eigenvalue weighted by molar-refractivity contribution is 5.76. The molecule has 0 saturated carbocycles. The van der Waals surface area contributed by atoms with Crippen LogP contribution in [0.1, 0.15) is 341 Å². The Morgan fingerprint density at radius 2 is 0.631 bits per heavy atom. The molecule has 2 unspecified atom stereocenters. The molecule has 0 fully saturated rings. The van der Waals surface area contributed by atoms with Gasteiger partial charge in [0.25, 0.3) is 0 Å². The first-order valence-electron chi connectivity index (χ1n) is 29.8. The van der Waals surface area contributed by atoms with E-state index in [1.54, 1.807) is 0 Å². The van der Waals surface area contributed by atoms with E-state index >= 15 is 0 Å². The van der Waals surface area contributed by atoms with Gasteiger partial charge in [0.05, 0.1) is 25.4 Å². The van der Waals surface area contributed by atoms with Gasteiger partial charge in [0.1, 0.15) is 0 Å². The fourth-order valence-corrected chi connectivity index (χ4v) is 9.58. The average molecular weight is 921 g/mol. The Balaban J connectivity index is 3.39. The van der Waals surface area contributed by atoms with Crippen molar-refractivity contribution in [3.8, 4) is 0 Å². The van der Waals surface area contributed by atoms with Crippen LogP contribution < -0.4 is 5.32 Å². The van der Waals surface area contributed by atoms with Crippen molar-refractivity contribution >= 4 is 11.9 Å². The van der Waals surface area contributed by atoms with Gasteiger partial charge in [-0.25, -0.2) is 0 Å². The van der Waals surface area contributed by atoms with Gasteiger partial charge < -0.3 is 20.3 Å². The number of carbonyl (C=O) groups excluding carboxylic acids is 2. The SMILES string of the molecule is CCCCCCCCCCCCCCCCCCCCCC(=O)OCCCCCCCCCCCCCCCCC(=O)NC(CO)C(O)CCCCCCCCCCCCCCCCC. The molecule has 1 amide bonds. The maximum Gasteiger partial charge on any atom is 0.305 e. The van der Waals surface area contributed by atoms with Crippen LogP contribution in [0, 0.1) is 0 Å². The lowest BCUT2D eigenvalue weighted by atomic mass is 10.0. The molecule has 0 aliphatic rings. The zero-order chi connectivity index (χ0) is 47.2. The van der Waals surface area contributed by atoms with Crippen LogP contribution in [0.15, 0.2) is 0 Å². The van der Waals surface area contributed by atoms with Gasteiger partial charge in [-0.3, -0.25) is 9.59 Å². The summed E-state index contributed by atoms with van der Waals surface area (Å²) in [7, 11) is 0. The second-order valence-electron chi connectivity index (χ2n) is 20.7. The third-order valence-electron chi connectivity index (χ3n) is 14.2. The monoisotopic (exact) mass is 920 g/mol. The van der Waals surface area contributed by atoms with E-state index in [0.29, 0.717) is 25.9 Å². The predicted molar refractivity (Wildman–Crippen MR) is 283 cm³/mol. The molecule has 0 bridgehead atoms. The molecule has 0 spiro atoms. The standard InChI is InChI=1S/C59H117NO5/c1-3-5-7-9-11-13-15-17-19-20-21-22-24-29-33-37-41-45-49-53-59(64)65-54-50-46-42-38-34-30-26-25-28-32-36-40-44-48-52-58(63)60-56(55-61)57(62)51-47-43-39-35-31-27-23-18-16-14-12-10-8-6-4-2/h56-57,61-62H,3-55H2,1-2H3,(H,60,63). The van der Waals surface area contributed by atoms with Crippen LogP contribution in [-0.2, 0) is 14.3 Å². The zero-order valence-corrected chi connectivity index (χ0v) is 44.3. The van der Waals surface area contributed by atoms with Crippen molar-refractivity contribution in [1.29, 1.82) is 0 Å². The summed E-state index contributed by atoms with van der Waals surface area (Å²) in [6.07, 6.45) is 63.8. The number of aliphatic hydroxyl groups excluding tert-OH is 2. The van der Waals surface area contributed by atoms with Gasteiger partial charge >= 0.3 is 5.97 Å². The summed E-state index contributed by atoms with van der Waals surface area (Å²) in [5.41, 5.74) is 0. The summed E-state index contributed by atoms with van der Waals surface area (Å²) in [6.45, 7) is 4.96. The number of amides is 1. The maximum atomic E-state index is 12.5. The lowest BCUT2D eigenvalue weighted by Gasteiger charge is -2.22. The van der Waals surface area contributed by atoms with Crippen LogP contribution in [0.4, 0.5) is 0 Å². The molecular formula is C59H117NO5. The summed E-state index contributed by atoms with van der Waals surface area (Å²) in [6, 6.07) is -0.548. The summed E-state index contributed by atoms with van der Waals surface area (Å²) in [5, 5.41) is 23.3. The molecule has 3 N–H and O–H groups in total. The molecule has 0 saturated heterocycles. The Labute approximate surface area is 406 Å². The second-order valence-corrected chi connectivity index (χ2v) is 20.7. The lowest BCUT2D eigenvalue weighted by Crippen LogP contribution is -2.45. The number of unbranched alkanes of at least 4 members (excludes halogenated alkanes) is 45. The minimum absolute atomic E-state index is 0.00371. The van der Waals surface area contributed by atoms with Crippen molar-refractivity contribution in [3.05, 3.63) is 0 Å². The molecule has 6 heteroatoms. The van der Waals surface area contributed by atoms with E-state index in [4.69, 9.17) is 4.74 Å². The summed E-state index contributed by atoms with van der Waals surface area (Å²) >= 11 is 0. The molecule has 0 aliphatic carbocycles. The highest BCUT2D eigenvalue weighted by Crippen LogP contribution is 2.18. The Bertz CT molecular complexity index is 928. The average Bonchev–Trinajstić information content (AvgIpc) is 3.31. The number of nitrogens with one attached hydrogen (secondary N) is 1. The molecule has 65 heavy (non-hydrogen) atoms. The van der Waals surface area contributed by atoms with Gasteiger partial charge in [-0.15, -0.1) is 0 Å². The number of hydrogen-bond acceptors (Lipinski definition) is 5. The molecule has 0 rings (SSSR count). The van der Waals surface area contributed by atoms with Gasteiger partial charge in [-0.1, -0.05) is 303 Å². The normalized spacial score (nSPS) is 12.5. The number of rotatable bonds is 56. The van der Waals surface area contributed by atoms with E-state index in [0.717, 1.165) is 51.4 Å². The van der Waals surface area contributed by atoms with Gasteiger partial charge in [0.2, 0.25) is 5.91 Å². The van der Waals surface area contributed by atoms with Crippen LogP contribution in [0.2, 0.25) is 0 Å². The number of ether oxygens (including phenoxy) is 1. The summed E-state index contributed by atoms with van der Waals surface area (Å²) < 4.78 is 5.49. The first-order chi connectivity index (χ1) is 32.0. The maximum absolute atomic E-state index is 12.5. The van der Waals surface area contributed by atoms with Crippen LogP contribution in [0.25, 0.3) is 0 Å². The van der Waals surface area contributed by atoms with Gasteiger partial charge in [-0.2, -0.15) is 0 Å². The summed E-state index contributed by atoms with van der Waals surface area (Å²) in [5.74, 6) is -0.0386. The molecule has 0 heterocycles. The van der Waals surface area contributed by atoms with Crippen LogP contribution >= 0.6 is 0 Å². The topological polar surface area (TPSA) is 95.9 Å². The van der Waals surface area contributed by atoms with Crippen molar-refractivity contribution in [3.63, 3.8) is 0 Å². The molecule has 2 atom stereocenters. The van der Waals surface area contributed by atoms with Crippen molar-refractivity contribution in [2.45, 2.75) is 353 Å². The second kappa shape index (κ2) is 55.5. The molecular weight excluding hydrogens is 803 g/mol. The number of aliphatic hydroxyl groups is 2. The van der Waals surface area contributed by atoms with Gasteiger partial charge in [-0.05, 0) is 25.7 Å². The third-order valence-corrected chi connectivity index (χ3v) is 14.2. The van der Waals surface area contributed by atoms with E-state index in [9.17, 15) is 19.8 Å². The third kappa shape index (κ3) is 52.1. The fraction of sp³-hybridized carbons (Fsp3) is 0.966. The van der Waals surface area contributed by atoms with Crippen LogP contribution in [-0.4, -0.2) is 47.4 Å². The fourth-order valence-electron chi connectivity index (χ4n) is 9.58.